The van der Waals surface area contributed by atoms with Crippen molar-refractivity contribution in [1.82, 2.24) is 9.97 Å². The van der Waals surface area contributed by atoms with Crippen molar-refractivity contribution in [2.45, 2.75) is 233 Å². The van der Waals surface area contributed by atoms with E-state index < -0.39 is 0 Å². The van der Waals surface area contributed by atoms with E-state index in [0.29, 0.717) is 11.8 Å². The van der Waals surface area contributed by atoms with E-state index in [1.165, 1.54) is 159 Å². The van der Waals surface area contributed by atoms with Crippen molar-refractivity contribution in [2.75, 3.05) is 9.80 Å². The van der Waals surface area contributed by atoms with Crippen LogP contribution in [0.2, 0.25) is 0 Å². The summed E-state index contributed by atoms with van der Waals surface area (Å²) in [6.07, 6.45) is 12.8. The molecule has 2 saturated carbocycles. The number of hydrogen-bond donors (Lipinski definition) is 0. The second kappa shape index (κ2) is 22.1. The summed E-state index contributed by atoms with van der Waals surface area (Å²) in [6.45, 7) is 42.0. The van der Waals surface area contributed by atoms with Crippen LogP contribution in [0.3, 0.4) is 0 Å². The molecule has 450 valence electrons. The molecule has 12 rings (SSSR count). The molecule has 0 spiro atoms. The van der Waals surface area contributed by atoms with Crippen LogP contribution in [0.15, 0.2) is 140 Å². The van der Waals surface area contributed by atoms with Gasteiger partial charge in [-0.1, -0.05) is 224 Å². The molecule has 3 heterocycles. The number of nitrogens with zero attached hydrogens (tertiary/aromatic N) is 4. The van der Waals surface area contributed by atoms with Gasteiger partial charge >= 0.3 is 0 Å². The van der Waals surface area contributed by atoms with Crippen LogP contribution in [0.25, 0.3) is 33.9 Å². The molecular weight excluding hydrogens is 1050 g/mol. The Labute approximate surface area is 525 Å². The quantitative estimate of drug-likeness (QED) is 0.149. The minimum Gasteiger partial charge on any atom is -0.311 e. The normalized spacial score (nSPS) is 16.2. The molecule has 1 aromatic heterocycles. The molecule has 87 heavy (non-hydrogen) atoms. The van der Waals surface area contributed by atoms with Gasteiger partial charge in [0.1, 0.15) is 0 Å². The maximum atomic E-state index is 5.91. The Hall–Kier alpha value is -6.72. The molecule has 0 N–H and O–H groups in total. The van der Waals surface area contributed by atoms with Gasteiger partial charge in [0, 0.05) is 50.8 Å². The summed E-state index contributed by atoms with van der Waals surface area (Å²) in [6, 6.07) is 56.3. The fourth-order valence-corrected chi connectivity index (χ4v) is 14.5. The summed E-state index contributed by atoms with van der Waals surface area (Å²) in [5, 5.41) is 0. The molecule has 0 radical (unpaired) electrons. The van der Waals surface area contributed by atoms with Crippen molar-refractivity contribution in [3.63, 3.8) is 0 Å². The van der Waals surface area contributed by atoms with Crippen molar-refractivity contribution >= 4 is 57.2 Å². The molecule has 4 aliphatic rings. The van der Waals surface area contributed by atoms with E-state index in [-0.39, 0.29) is 39.2 Å². The van der Waals surface area contributed by atoms with Crippen LogP contribution in [0, 0.1) is 0 Å². The molecule has 7 aromatic carbocycles. The van der Waals surface area contributed by atoms with Gasteiger partial charge in [0.25, 0.3) is 6.71 Å². The van der Waals surface area contributed by atoms with Gasteiger partial charge in [-0.05, 0) is 210 Å². The third-order valence-corrected chi connectivity index (χ3v) is 20.2. The smallest absolute Gasteiger partial charge is 0.252 e. The van der Waals surface area contributed by atoms with E-state index in [0.717, 1.165) is 33.9 Å². The minimum absolute atomic E-state index is 0.00239. The van der Waals surface area contributed by atoms with Gasteiger partial charge in [-0.15, -0.1) is 0 Å². The Morgan fingerprint density at radius 1 is 0.322 bits per heavy atom. The number of fused-ring (bicyclic) bond motifs is 4. The first kappa shape index (κ1) is 60.6. The van der Waals surface area contributed by atoms with Crippen molar-refractivity contribution in [3.05, 3.63) is 184 Å². The van der Waals surface area contributed by atoms with Crippen molar-refractivity contribution < 1.29 is 0 Å². The van der Waals surface area contributed by atoms with Crippen LogP contribution in [0.5, 0.6) is 0 Å². The van der Waals surface area contributed by atoms with E-state index in [9.17, 15) is 0 Å². The van der Waals surface area contributed by atoms with Crippen LogP contribution in [0.1, 0.15) is 245 Å². The molecule has 4 nitrogen and oxygen atoms in total. The highest BCUT2D eigenvalue weighted by atomic mass is 15.2. The fraction of sp³-hybridized carbons (Fsp3) is 0.439. The second-order valence-electron chi connectivity index (χ2n) is 33.0. The third kappa shape index (κ3) is 11.9. The van der Waals surface area contributed by atoms with E-state index in [2.05, 4.69) is 274 Å². The van der Waals surface area contributed by atoms with Gasteiger partial charge in [-0.25, -0.2) is 9.97 Å². The first-order valence-electron chi connectivity index (χ1n) is 33.4. The lowest BCUT2D eigenvalue weighted by Gasteiger charge is -2.45. The average Bonchev–Trinajstić information content (AvgIpc) is 0.704. The van der Waals surface area contributed by atoms with Gasteiger partial charge in [-0.3, -0.25) is 0 Å². The average molecular weight is 1150 g/mol. The van der Waals surface area contributed by atoms with Crippen LogP contribution < -0.4 is 26.2 Å². The number of rotatable bonds is 7. The lowest BCUT2D eigenvalue weighted by atomic mass is 9.33. The number of anilines is 6. The first-order chi connectivity index (χ1) is 40.9. The molecule has 0 bridgehead atoms. The second-order valence-corrected chi connectivity index (χ2v) is 33.0. The third-order valence-electron chi connectivity index (χ3n) is 20.2. The monoisotopic (exact) mass is 1150 g/mol. The fourth-order valence-electron chi connectivity index (χ4n) is 14.5. The number of benzene rings is 7. The summed E-state index contributed by atoms with van der Waals surface area (Å²) in [7, 11) is 0. The standard InChI is InChI=1S/C82H99BN4/c1-77(2,3)59-31-35-65(36-32-59)86-71-45-54(52-25-21-19-22-26-52)29-39-67(71)83-68-40-30-55(53-27-23-20-24-28-53)46-72(68)87(66-37-33-60(34-38-66)78(4,5)6)74-48-57(47-73(86)75(74)83)70-51-69(56-41-61(79(7,8)9)49-62(42-56)80(10,11)12)84-76(85-70)58-43-63(81(13,14)15)50-64(44-58)82(16,17)18/h29-53H,19-28H2,1-18H3. The van der Waals surface area contributed by atoms with Crippen LogP contribution in [-0.2, 0) is 32.5 Å². The van der Waals surface area contributed by atoms with Crippen LogP contribution in [-0.4, -0.2) is 16.7 Å². The topological polar surface area (TPSA) is 32.3 Å². The number of hydrogen-bond acceptors (Lipinski definition) is 4. The van der Waals surface area contributed by atoms with Crippen molar-refractivity contribution in [3.8, 4) is 33.9 Å². The molecule has 2 aliphatic heterocycles. The molecule has 0 unspecified atom stereocenters. The van der Waals surface area contributed by atoms with Gasteiger partial charge in [-0.2, -0.15) is 0 Å². The predicted octanol–water partition coefficient (Wildman–Crippen LogP) is 21.4. The molecule has 0 saturated heterocycles. The summed E-state index contributed by atoms with van der Waals surface area (Å²) >= 11 is 0. The maximum absolute atomic E-state index is 5.91. The largest absolute Gasteiger partial charge is 0.311 e. The summed E-state index contributed by atoms with van der Waals surface area (Å²) < 4.78 is 0. The van der Waals surface area contributed by atoms with Crippen LogP contribution in [0.4, 0.5) is 34.1 Å². The Kier molecular flexibility index (Phi) is 15.4. The lowest BCUT2D eigenvalue weighted by molar-refractivity contribution is 0.444. The van der Waals surface area contributed by atoms with E-state index in [4.69, 9.17) is 9.97 Å². The Morgan fingerprint density at radius 2 is 0.655 bits per heavy atom. The highest BCUT2D eigenvalue weighted by molar-refractivity contribution is 7.00. The zero-order valence-corrected chi connectivity index (χ0v) is 56.4. The zero-order chi connectivity index (χ0) is 61.9. The molecule has 0 atom stereocenters. The molecule has 8 aromatic rings. The minimum atomic E-state index is -0.0971. The molecule has 5 heteroatoms. The first-order valence-corrected chi connectivity index (χ1v) is 33.4. The summed E-state index contributed by atoms with van der Waals surface area (Å²) in [4.78, 5) is 17.0. The molecular formula is C82H99BN4. The molecule has 0 amide bonds. The van der Waals surface area contributed by atoms with Gasteiger partial charge in [0.05, 0.1) is 11.4 Å². The maximum Gasteiger partial charge on any atom is 0.252 e. The molecule has 2 fully saturated rings. The van der Waals surface area contributed by atoms with Gasteiger partial charge in [0.15, 0.2) is 5.82 Å². The Bertz CT molecular complexity index is 3570. The molecule has 2 aliphatic carbocycles. The van der Waals surface area contributed by atoms with Crippen LogP contribution >= 0.6 is 0 Å². The summed E-state index contributed by atoms with van der Waals surface area (Å²) in [5.41, 5.74) is 26.9. The SMILES string of the molecule is CC(C)(C)c1ccc(N2c3cc(C4CCCCC4)ccc3B3c4ccc(C5CCCCC5)cc4N(c4ccc(C(C)(C)C)cc4)c4cc(-c5cc(-c6cc(C(C)(C)C)cc(C(C)(C)C)c6)nc(-c6cc(C(C)(C)C)cc(C(C)(C)C)c6)n5)cc2c43)cc1. The van der Waals surface area contributed by atoms with Gasteiger partial charge < -0.3 is 9.80 Å². The zero-order valence-electron chi connectivity index (χ0n) is 56.4. The number of aromatic nitrogens is 2. The predicted molar refractivity (Wildman–Crippen MR) is 376 cm³/mol. The lowest BCUT2D eigenvalue weighted by Crippen LogP contribution is -2.61. The van der Waals surface area contributed by atoms with E-state index in [1.54, 1.807) is 0 Å². The Morgan fingerprint density at radius 3 is 1.00 bits per heavy atom. The van der Waals surface area contributed by atoms with Crippen molar-refractivity contribution in [2.24, 2.45) is 0 Å². The van der Waals surface area contributed by atoms with E-state index >= 15 is 0 Å². The summed E-state index contributed by atoms with van der Waals surface area (Å²) in [5.74, 6) is 1.84. The van der Waals surface area contributed by atoms with E-state index in [1.807, 2.05) is 0 Å². The Balaban J connectivity index is 1.21. The highest BCUT2D eigenvalue weighted by Gasteiger charge is 2.45. The van der Waals surface area contributed by atoms with Crippen molar-refractivity contribution in [1.29, 1.82) is 0 Å². The highest BCUT2D eigenvalue weighted by Crippen LogP contribution is 2.49. The van der Waals surface area contributed by atoms with Gasteiger partial charge in [0.2, 0.25) is 0 Å².